The zero-order chi connectivity index (χ0) is 14.1. The minimum absolute atomic E-state index is 0.107. The molecule has 1 unspecified atom stereocenters. The van der Waals surface area contributed by atoms with Crippen LogP contribution >= 0.6 is 0 Å². The number of carbonyl (C=O) groups excluding carboxylic acids is 1. The van der Waals surface area contributed by atoms with Crippen molar-refractivity contribution in [3.8, 4) is 0 Å². The van der Waals surface area contributed by atoms with Crippen molar-refractivity contribution in [1.82, 2.24) is 10.2 Å². The Kier molecular flexibility index (Phi) is 3.49. The summed E-state index contributed by atoms with van der Waals surface area (Å²) >= 11 is 0. The van der Waals surface area contributed by atoms with Crippen LogP contribution in [0.15, 0.2) is 46.7 Å². The molecule has 0 radical (unpaired) electrons. The first-order chi connectivity index (χ1) is 9.65. The lowest BCUT2D eigenvalue weighted by molar-refractivity contribution is -0.130. The maximum Gasteiger partial charge on any atom is 0.253 e. The lowest BCUT2D eigenvalue weighted by atomic mass is 9.90. The normalized spacial score (nSPS) is 25.7. The van der Waals surface area contributed by atoms with Crippen molar-refractivity contribution in [2.75, 3.05) is 26.3 Å². The summed E-state index contributed by atoms with van der Waals surface area (Å²) < 4.78 is 5.29. The molecule has 2 aliphatic heterocycles. The summed E-state index contributed by atoms with van der Waals surface area (Å²) in [4.78, 5) is 14.4. The topological polar surface area (TPSA) is 41.6 Å². The predicted octanol–water partition coefficient (Wildman–Crippen LogP) is 1.53. The quantitative estimate of drug-likeness (QED) is 0.787. The average Bonchev–Trinajstić information content (AvgIpc) is 2.46. The summed E-state index contributed by atoms with van der Waals surface area (Å²) in [6.45, 7) is 6.80. The highest BCUT2D eigenvalue weighted by Crippen LogP contribution is 2.26. The van der Waals surface area contributed by atoms with Crippen molar-refractivity contribution in [2.45, 2.75) is 19.9 Å². The monoisotopic (exact) mass is 272 g/mol. The van der Waals surface area contributed by atoms with Crippen molar-refractivity contribution in [3.05, 3.63) is 46.7 Å². The number of amides is 1. The first-order valence-electron chi connectivity index (χ1n) is 7.07. The fourth-order valence-electron chi connectivity index (χ4n) is 2.89. The zero-order valence-electron chi connectivity index (χ0n) is 12.0. The van der Waals surface area contributed by atoms with E-state index in [1.54, 1.807) is 0 Å². The molecule has 4 heteroatoms. The van der Waals surface area contributed by atoms with E-state index < -0.39 is 0 Å². The second-order valence-corrected chi connectivity index (χ2v) is 5.45. The van der Waals surface area contributed by atoms with Gasteiger partial charge < -0.3 is 15.0 Å². The van der Waals surface area contributed by atoms with Gasteiger partial charge in [0.2, 0.25) is 0 Å². The average molecular weight is 272 g/mol. The number of fused-ring (bicyclic) bond motifs is 1. The third-order valence-corrected chi connectivity index (χ3v) is 3.94. The lowest BCUT2D eigenvalue weighted by Crippen LogP contribution is -2.42. The SMILES string of the molecule is CC1=CC(C)=C2C=CC(C(=O)N3CCOCC3)=CC2N1. The number of carbonyl (C=O) groups is 1. The Morgan fingerprint density at radius 2 is 2.05 bits per heavy atom. The first kappa shape index (κ1) is 13.2. The van der Waals surface area contributed by atoms with Gasteiger partial charge >= 0.3 is 0 Å². The summed E-state index contributed by atoms with van der Waals surface area (Å²) in [5.41, 5.74) is 4.42. The molecule has 1 atom stereocenters. The summed E-state index contributed by atoms with van der Waals surface area (Å²) in [5, 5.41) is 3.42. The van der Waals surface area contributed by atoms with Gasteiger partial charge in [0.25, 0.3) is 5.91 Å². The highest BCUT2D eigenvalue weighted by molar-refractivity contribution is 5.97. The third kappa shape index (κ3) is 2.43. The standard InChI is InChI=1S/C16H20N2O2/c1-11-9-12(2)17-15-10-13(3-4-14(11)15)16(19)18-5-7-20-8-6-18/h3-4,9-10,15,17H,5-8H2,1-2H3. The molecule has 0 aromatic heterocycles. The fourth-order valence-corrected chi connectivity index (χ4v) is 2.89. The van der Waals surface area contributed by atoms with Gasteiger partial charge in [-0.25, -0.2) is 0 Å². The van der Waals surface area contributed by atoms with E-state index in [1.807, 2.05) is 17.1 Å². The molecule has 2 heterocycles. The fraction of sp³-hybridized carbons (Fsp3) is 0.438. The molecule has 1 fully saturated rings. The summed E-state index contributed by atoms with van der Waals surface area (Å²) in [6.07, 6.45) is 8.17. The number of dihydropyridines is 1. The summed E-state index contributed by atoms with van der Waals surface area (Å²) in [5.74, 6) is 0.107. The van der Waals surface area contributed by atoms with Gasteiger partial charge in [-0.2, -0.15) is 0 Å². The van der Waals surface area contributed by atoms with Crippen LogP contribution in [0, 0.1) is 0 Å². The second-order valence-electron chi connectivity index (χ2n) is 5.45. The van der Waals surface area contributed by atoms with Crippen LogP contribution in [-0.4, -0.2) is 43.2 Å². The number of ether oxygens (including phenoxy) is 1. The molecule has 1 saturated heterocycles. The van der Waals surface area contributed by atoms with Gasteiger partial charge in [0.15, 0.2) is 0 Å². The van der Waals surface area contributed by atoms with Crippen LogP contribution in [-0.2, 0) is 9.53 Å². The van der Waals surface area contributed by atoms with Gasteiger partial charge in [0.1, 0.15) is 0 Å². The van der Waals surface area contributed by atoms with Gasteiger partial charge in [-0.05, 0) is 43.2 Å². The molecule has 1 amide bonds. The highest BCUT2D eigenvalue weighted by atomic mass is 16.5. The van der Waals surface area contributed by atoms with E-state index in [4.69, 9.17) is 4.74 Å². The molecule has 0 aromatic carbocycles. The zero-order valence-corrected chi connectivity index (χ0v) is 12.0. The van der Waals surface area contributed by atoms with Crippen molar-refractivity contribution in [1.29, 1.82) is 0 Å². The molecule has 0 aromatic rings. The molecule has 4 nitrogen and oxygen atoms in total. The van der Waals surface area contributed by atoms with Gasteiger partial charge in [-0.15, -0.1) is 0 Å². The molecule has 3 rings (SSSR count). The summed E-state index contributed by atoms with van der Waals surface area (Å²) in [6, 6.07) is 0.116. The van der Waals surface area contributed by atoms with Crippen molar-refractivity contribution >= 4 is 5.91 Å². The Bertz CT molecular complexity index is 549. The molecule has 0 spiro atoms. The van der Waals surface area contributed by atoms with Crippen molar-refractivity contribution in [3.63, 3.8) is 0 Å². The summed E-state index contributed by atoms with van der Waals surface area (Å²) in [7, 11) is 0. The number of morpholine rings is 1. The molecule has 0 saturated carbocycles. The van der Waals surface area contributed by atoms with Crippen LogP contribution in [0.2, 0.25) is 0 Å². The molecule has 1 N–H and O–H groups in total. The van der Waals surface area contributed by atoms with Gasteiger partial charge in [-0.3, -0.25) is 4.79 Å². The Morgan fingerprint density at radius 3 is 2.80 bits per heavy atom. The smallest absolute Gasteiger partial charge is 0.253 e. The molecule has 0 bridgehead atoms. The minimum Gasteiger partial charge on any atom is -0.378 e. The van der Waals surface area contributed by atoms with Gasteiger partial charge in [0, 0.05) is 24.4 Å². The van der Waals surface area contributed by atoms with Crippen LogP contribution in [0.3, 0.4) is 0 Å². The third-order valence-electron chi connectivity index (χ3n) is 3.94. The van der Waals surface area contributed by atoms with Crippen LogP contribution < -0.4 is 5.32 Å². The van der Waals surface area contributed by atoms with Crippen LogP contribution in [0.5, 0.6) is 0 Å². The van der Waals surface area contributed by atoms with Crippen molar-refractivity contribution < 1.29 is 9.53 Å². The van der Waals surface area contributed by atoms with E-state index in [1.165, 1.54) is 11.1 Å². The number of allylic oxidation sites excluding steroid dienone is 3. The van der Waals surface area contributed by atoms with Crippen molar-refractivity contribution in [2.24, 2.45) is 0 Å². The van der Waals surface area contributed by atoms with E-state index in [0.717, 1.165) is 11.3 Å². The maximum absolute atomic E-state index is 12.5. The lowest BCUT2D eigenvalue weighted by Gasteiger charge is -2.31. The van der Waals surface area contributed by atoms with Gasteiger partial charge in [-0.1, -0.05) is 6.08 Å². The Morgan fingerprint density at radius 1 is 1.30 bits per heavy atom. The number of hydrogen-bond donors (Lipinski definition) is 1. The van der Waals surface area contributed by atoms with Crippen LogP contribution in [0.1, 0.15) is 13.8 Å². The minimum atomic E-state index is 0.107. The van der Waals surface area contributed by atoms with Crippen LogP contribution in [0.25, 0.3) is 0 Å². The molecule has 20 heavy (non-hydrogen) atoms. The highest BCUT2D eigenvalue weighted by Gasteiger charge is 2.25. The van der Waals surface area contributed by atoms with E-state index in [2.05, 4.69) is 31.3 Å². The molecular formula is C16H20N2O2. The van der Waals surface area contributed by atoms with E-state index in [-0.39, 0.29) is 11.9 Å². The Labute approximate surface area is 119 Å². The maximum atomic E-state index is 12.5. The Hall–Kier alpha value is -1.81. The number of rotatable bonds is 1. The Balaban J connectivity index is 1.80. The number of hydrogen-bond acceptors (Lipinski definition) is 3. The van der Waals surface area contributed by atoms with Gasteiger partial charge in [0.05, 0.1) is 19.3 Å². The van der Waals surface area contributed by atoms with E-state index >= 15 is 0 Å². The molecule has 3 aliphatic rings. The first-order valence-corrected chi connectivity index (χ1v) is 7.07. The number of nitrogens with one attached hydrogen (secondary N) is 1. The molecule has 106 valence electrons. The molecule has 1 aliphatic carbocycles. The van der Waals surface area contributed by atoms with Crippen LogP contribution in [0.4, 0.5) is 0 Å². The largest absolute Gasteiger partial charge is 0.378 e. The van der Waals surface area contributed by atoms with E-state index in [0.29, 0.717) is 26.3 Å². The van der Waals surface area contributed by atoms with E-state index in [9.17, 15) is 4.79 Å². The number of nitrogens with zero attached hydrogens (tertiary/aromatic N) is 1. The predicted molar refractivity (Wildman–Crippen MR) is 78.0 cm³/mol. The second kappa shape index (κ2) is 5.29. The molecular weight excluding hydrogens is 252 g/mol.